The number of hydrogen-bond acceptors (Lipinski definition) is 4. The molecule has 2 aromatic carbocycles. The average Bonchev–Trinajstić information content (AvgIpc) is 2.65. The summed E-state index contributed by atoms with van der Waals surface area (Å²) in [4.78, 5) is 11.4. The van der Waals surface area contributed by atoms with E-state index >= 15 is 0 Å². The van der Waals surface area contributed by atoms with Crippen LogP contribution in [-0.2, 0) is 12.7 Å². The largest absolute Gasteiger partial charge is 0.497 e. The highest BCUT2D eigenvalue weighted by molar-refractivity contribution is 7.80. The molecule has 146 valence electrons. The quantitative estimate of drug-likeness (QED) is 0.496. The SMILES string of the molecule is COc1ccc(CNC(=S)Nc2ccc3oc(=O)cc(C(F)(F)F)c3c2)cc1. The van der Waals surface area contributed by atoms with Gasteiger partial charge in [-0.2, -0.15) is 13.2 Å². The lowest BCUT2D eigenvalue weighted by Gasteiger charge is -2.13. The van der Waals surface area contributed by atoms with Crippen molar-refractivity contribution in [3.63, 3.8) is 0 Å². The number of halogens is 3. The molecule has 2 N–H and O–H groups in total. The fourth-order valence-electron chi connectivity index (χ4n) is 2.58. The molecule has 1 heterocycles. The van der Waals surface area contributed by atoms with Crippen molar-refractivity contribution < 1.29 is 22.3 Å². The molecule has 0 amide bonds. The molecule has 0 aliphatic carbocycles. The Balaban J connectivity index is 1.75. The lowest BCUT2D eigenvalue weighted by molar-refractivity contribution is -0.136. The van der Waals surface area contributed by atoms with Crippen LogP contribution in [-0.4, -0.2) is 12.2 Å². The van der Waals surface area contributed by atoms with Crippen LogP contribution in [0.25, 0.3) is 11.0 Å². The zero-order valence-corrected chi connectivity index (χ0v) is 15.4. The Kier molecular flexibility index (Phi) is 5.55. The predicted molar refractivity (Wildman–Crippen MR) is 104 cm³/mol. The molecule has 0 spiro atoms. The number of ether oxygens (including phenoxy) is 1. The third-order valence-corrected chi connectivity index (χ3v) is 4.16. The highest BCUT2D eigenvalue weighted by Crippen LogP contribution is 2.34. The number of rotatable bonds is 4. The van der Waals surface area contributed by atoms with Crippen LogP contribution in [0.3, 0.4) is 0 Å². The Morgan fingerprint density at radius 2 is 1.86 bits per heavy atom. The van der Waals surface area contributed by atoms with Gasteiger partial charge < -0.3 is 19.8 Å². The van der Waals surface area contributed by atoms with E-state index in [9.17, 15) is 18.0 Å². The summed E-state index contributed by atoms with van der Waals surface area (Å²) < 4.78 is 49.5. The number of benzene rings is 2. The van der Waals surface area contributed by atoms with Gasteiger partial charge in [0.05, 0.1) is 12.7 Å². The number of fused-ring (bicyclic) bond motifs is 1. The van der Waals surface area contributed by atoms with Gasteiger partial charge in [-0.15, -0.1) is 0 Å². The minimum Gasteiger partial charge on any atom is -0.497 e. The van der Waals surface area contributed by atoms with E-state index in [1.165, 1.54) is 18.2 Å². The average molecular weight is 408 g/mol. The molecule has 1 aromatic heterocycles. The first-order valence-electron chi connectivity index (χ1n) is 8.09. The van der Waals surface area contributed by atoms with Gasteiger partial charge in [-0.1, -0.05) is 12.1 Å². The Labute approximate surface area is 163 Å². The molecule has 0 bridgehead atoms. The smallest absolute Gasteiger partial charge is 0.417 e. The van der Waals surface area contributed by atoms with Gasteiger partial charge in [0.25, 0.3) is 0 Å². The van der Waals surface area contributed by atoms with Crippen LogP contribution in [0.2, 0.25) is 0 Å². The number of thiocarbonyl (C=S) groups is 1. The zero-order chi connectivity index (χ0) is 20.3. The second-order valence-corrected chi connectivity index (χ2v) is 6.25. The number of nitrogens with one attached hydrogen (secondary N) is 2. The molecular formula is C19H15F3N2O3S. The van der Waals surface area contributed by atoms with Gasteiger partial charge in [0.15, 0.2) is 5.11 Å². The molecule has 0 fully saturated rings. The van der Waals surface area contributed by atoms with E-state index in [0.717, 1.165) is 11.3 Å². The van der Waals surface area contributed by atoms with Gasteiger partial charge in [0.1, 0.15) is 11.3 Å². The first kappa shape index (κ1) is 19.7. The summed E-state index contributed by atoms with van der Waals surface area (Å²) in [5.41, 5.74) is -0.983. The second-order valence-electron chi connectivity index (χ2n) is 5.84. The number of anilines is 1. The third-order valence-electron chi connectivity index (χ3n) is 3.92. The maximum atomic E-state index is 13.2. The predicted octanol–water partition coefficient (Wildman–Crippen LogP) is 4.31. The van der Waals surface area contributed by atoms with Crippen LogP contribution < -0.4 is 21.0 Å². The minimum absolute atomic E-state index is 0.150. The van der Waals surface area contributed by atoms with Crippen LogP contribution in [0.5, 0.6) is 5.75 Å². The van der Waals surface area contributed by atoms with E-state index in [-0.39, 0.29) is 16.1 Å². The fraction of sp³-hybridized carbons (Fsp3) is 0.158. The summed E-state index contributed by atoms with van der Waals surface area (Å²) in [7, 11) is 1.57. The fourth-order valence-corrected chi connectivity index (χ4v) is 2.77. The van der Waals surface area contributed by atoms with Gasteiger partial charge in [-0.05, 0) is 48.1 Å². The topological polar surface area (TPSA) is 63.5 Å². The van der Waals surface area contributed by atoms with Crippen molar-refractivity contribution in [1.82, 2.24) is 5.32 Å². The summed E-state index contributed by atoms with van der Waals surface area (Å²) in [5.74, 6) is 0.729. The second kappa shape index (κ2) is 7.89. The minimum atomic E-state index is -4.68. The summed E-state index contributed by atoms with van der Waals surface area (Å²) in [6.45, 7) is 0.423. The maximum absolute atomic E-state index is 13.2. The molecule has 0 aliphatic rings. The maximum Gasteiger partial charge on any atom is 0.417 e. The van der Waals surface area contributed by atoms with E-state index in [2.05, 4.69) is 10.6 Å². The van der Waals surface area contributed by atoms with Gasteiger partial charge in [0.2, 0.25) is 0 Å². The standard InChI is InChI=1S/C19H15F3N2O3S/c1-26-13-5-2-11(3-6-13)10-23-18(28)24-12-4-7-16-14(8-12)15(19(20,21)22)9-17(25)27-16/h2-9H,10H2,1H3,(H2,23,24,28). The Morgan fingerprint density at radius 1 is 1.14 bits per heavy atom. The monoisotopic (exact) mass is 408 g/mol. The first-order chi connectivity index (χ1) is 13.3. The third kappa shape index (κ3) is 4.61. The van der Waals surface area contributed by atoms with Crippen LogP contribution in [0.15, 0.2) is 57.7 Å². The molecule has 3 aromatic rings. The molecule has 9 heteroatoms. The van der Waals surface area contributed by atoms with Crippen molar-refractivity contribution in [2.75, 3.05) is 12.4 Å². The molecule has 5 nitrogen and oxygen atoms in total. The van der Waals surface area contributed by atoms with E-state index in [1.54, 1.807) is 7.11 Å². The van der Waals surface area contributed by atoms with Crippen LogP contribution >= 0.6 is 12.2 Å². The van der Waals surface area contributed by atoms with Crippen LogP contribution in [0.1, 0.15) is 11.1 Å². The molecule has 0 saturated carbocycles. The summed E-state index contributed by atoms with van der Waals surface area (Å²) in [6, 6.07) is 11.8. The van der Waals surface area contributed by atoms with Crippen molar-refractivity contribution in [3.8, 4) is 5.75 Å². The molecule has 0 atom stereocenters. The molecule has 0 radical (unpaired) electrons. The van der Waals surface area contributed by atoms with Crippen molar-refractivity contribution in [2.24, 2.45) is 0 Å². The number of hydrogen-bond donors (Lipinski definition) is 2. The summed E-state index contributed by atoms with van der Waals surface area (Å²) in [5, 5.41) is 5.81. The van der Waals surface area contributed by atoms with E-state index < -0.39 is 17.4 Å². The molecule has 0 saturated heterocycles. The Bertz CT molecular complexity index is 1060. The van der Waals surface area contributed by atoms with Gasteiger partial charge in [-0.3, -0.25) is 0 Å². The van der Waals surface area contributed by atoms with Crippen LogP contribution in [0.4, 0.5) is 18.9 Å². The molecule has 28 heavy (non-hydrogen) atoms. The van der Waals surface area contributed by atoms with Gasteiger partial charge in [-0.25, -0.2) is 4.79 Å². The van der Waals surface area contributed by atoms with Crippen molar-refractivity contribution in [1.29, 1.82) is 0 Å². The molecule has 3 rings (SSSR count). The van der Waals surface area contributed by atoms with Crippen molar-refractivity contribution in [2.45, 2.75) is 12.7 Å². The highest BCUT2D eigenvalue weighted by atomic mass is 32.1. The lowest BCUT2D eigenvalue weighted by atomic mass is 10.1. The zero-order valence-electron chi connectivity index (χ0n) is 14.6. The highest BCUT2D eigenvalue weighted by Gasteiger charge is 2.33. The molecule has 0 unspecified atom stereocenters. The first-order valence-corrected chi connectivity index (χ1v) is 8.50. The van der Waals surface area contributed by atoms with Crippen LogP contribution in [0, 0.1) is 0 Å². The lowest BCUT2D eigenvalue weighted by Crippen LogP contribution is -2.27. The Hall–Kier alpha value is -3.07. The summed E-state index contributed by atoms with van der Waals surface area (Å²) in [6.07, 6.45) is -4.68. The van der Waals surface area contributed by atoms with Gasteiger partial charge in [0, 0.05) is 23.7 Å². The number of alkyl halides is 3. The van der Waals surface area contributed by atoms with E-state index in [0.29, 0.717) is 18.3 Å². The van der Waals surface area contributed by atoms with Crippen molar-refractivity contribution in [3.05, 3.63) is 70.1 Å². The Morgan fingerprint density at radius 3 is 2.50 bits per heavy atom. The van der Waals surface area contributed by atoms with Crippen molar-refractivity contribution >= 4 is 34.0 Å². The summed E-state index contributed by atoms with van der Waals surface area (Å²) >= 11 is 5.19. The van der Waals surface area contributed by atoms with E-state index in [1.807, 2.05) is 24.3 Å². The molecule has 0 aliphatic heterocycles. The van der Waals surface area contributed by atoms with E-state index in [4.69, 9.17) is 21.4 Å². The normalized spacial score (nSPS) is 11.3. The molecular weight excluding hydrogens is 393 g/mol. The van der Waals surface area contributed by atoms with Gasteiger partial charge >= 0.3 is 11.8 Å². The number of methoxy groups -OCH3 is 1.